The molecule has 1 aromatic carbocycles. The number of likely N-dealkylation sites (N-methyl/N-ethyl adjacent to an activating group) is 2. The van der Waals surface area contributed by atoms with Gasteiger partial charge in [-0.3, -0.25) is 14.5 Å². The molecule has 186 valence electrons. The molecule has 3 rings (SSSR count). The van der Waals surface area contributed by atoms with Crippen LogP contribution in [-0.2, 0) is 11.3 Å². The van der Waals surface area contributed by atoms with Crippen LogP contribution in [0.25, 0.3) is 0 Å². The van der Waals surface area contributed by atoms with Crippen LogP contribution in [0.2, 0.25) is 0 Å². The third-order valence-electron chi connectivity index (χ3n) is 4.90. The number of carboxylic acids is 1. The first-order valence-electron chi connectivity index (χ1n) is 9.84. The van der Waals surface area contributed by atoms with Gasteiger partial charge in [-0.1, -0.05) is 12.1 Å². The number of nitrogens with zero attached hydrogens (tertiary/aromatic N) is 3. The number of H-pyrrole nitrogens is 1. The summed E-state index contributed by atoms with van der Waals surface area (Å²) in [5.74, 6) is -4.19. The maximum absolute atomic E-state index is 13.0. The topological polar surface area (TPSA) is 139 Å². The van der Waals surface area contributed by atoms with Crippen LogP contribution < -0.4 is 10.9 Å². The number of carbonyl (C=O) groups is 2. The van der Waals surface area contributed by atoms with Gasteiger partial charge in [0.15, 0.2) is 5.69 Å². The number of piperazine rings is 1. The summed E-state index contributed by atoms with van der Waals surface area (Å²) in [4.78, 5) is 44.4. The second-order valence-electron chi connectivity index (χ2n) is 7.52. The van der Waals surface area contributed by atoms with E-state index in [9.17, 15) is 32.3 Å². The van der Waals surface area contributed by atoms with Crippen LogP contribution in [0.15, 0.2) is 29.1 Å². The molecule has 0 saturated carbocycles. The molecular weight excluding hydrogens is 466 g/mol. The van der Waals surface area contributed by atoms with Crippen molar-refractivity contribution in [1.82, 2.24) is 25.1 Å². The molecule has 0 aliphatic carbocycles. The van der Waals surface area contributed by atoms with Crippen LogP contribution >= 0.6 is 0 Å². The number of nitrogens with one attached hydrogen (secondary N) is 2. The first-order chi connectivity index (χ1) is 15.8. The highest BCUT2D eigenvalue weighted by molar-refractivity contribution is 5.94. The molecule has 1 fully saturated rings. The molecule has 0 bridgehead atoms. The van der Waals surface area contributed by atoms with E-state index in [0.29, 0.717) is 17.9 Å². The van der Waals surface area contributed by atoms with Crippen LogP contribution in [0.5, 0.6) is 5.75 Å². The van der Waals surface area contributed by atoms with Gasteiger partial charge in [-0.15, -0.1) is 0 Å². The number of aromatic nitrogens is 2. The summed E-state index contributed by atoms with van der Waals surface area (Å²) in [7, 11) is 3.88. The van der Waals surface area contributed by atoms with E-state index in [2.05, 4.69) is 20.2 Å². The lowest BCUT2D eigenvalue weighted by Gasteiger charge is -2.36. The van der Waals surface area contributed by atoms with E-state index in [4.69, 9.17) is 9.90 Å². The van der Waals surface area contributed by atoms with Crippen molar-refractivity contribution in [2.24, 2.45) is 0 Å². The Kier molecular flexibility index (Phi) is 8.70. The monoisotopic (exact) mass is 489 g/mol. The number of hydrogen-bond donors (Lipinski definition) is 4. The predicted molar refractivity (Wildman–Crippen MR) is 111 cm³/mol. The number of alkyl halides is 3. The molecule has 0 spiro atoms. The van der Waals surface area contributed by atoms with Crippen LogP contribution in [0.4, 0.5) is 17.6 Å². The van der Waals surface area contributed by atoms with Crippen molar-refractivity contribution in [3.05, 3.63) is 57.5 Å². The van der Waals surface area contributed by atoms with Gasteiger partial charge >= 0.3 is 12.1 Å². The zero-order valence-electron chi connectivity index (χ0n) is 18.2. The van der Waals surface area contributed by atoms with Crippen LogP contribution in [0, 0.1) is 5.82 Å². The number of benzene rings is 1. The molecule has 1 atom stereocenters. The highest BCUT2D eigenvalue weighted by Crippen LogP contribution is 2.21. The van der Waals surface area contributed by atoms with Crippen molar-refractivity contribution in [3.8, 4) is 5.75 Å². The van der Waals surface area contributed by atoms with E-state index in [-0.39, 0.29) is 24.1 Å². The number of hydrogen-bond acceptors (Lipinski definition) is 7. The zero-order valence-corrected chi connectivity index (χ0v) is 18.2. The average Bonchev–Trinajstić information content (AvgIpc) is 2.76. The number of carbonyl (C=O) groups excluding carboxylic acids is 1. The highest BCUT2D eigenvalue weighted by Gasteiger charge is 2.38. The maximum Gasteiger partial charge on any atom is 0.490 e. The number of aromatic hydroxyl groups is 1. The van der Waals surface area contributed by atoms with Gasteiger partial charge in [0.2, 0.25) is 5.75 Å². The van der Waals surface area contributed by atoms with Gasteiger partial charge in [0.05, 0.1) is 6.04 Å². The van der Waals surface area contributed by atoms with Crippen molar-refractivity contribution in [2.75, 3.05) is 33.7 Å². The average molecular weight is 489 g/mol. The molecule has 4 N–H and O–H groups in total. The van der Waals surface area contributed by atoms with E-state index < -0.39 is 29.4 Å². The first kappa shape index (κ1) is 26.7. The quantitative estimate of drug-likeness (QED) is 0.469. The SMILES string of the molecule is CN1CCN(C)C(c2nc(C(=O)NCc3ccc(F)cc3)c(O)c(=O)[nH]2)C1.O=C(O)C(F)(F)F. The van der Waals surface area contributed by atoms with E-state index in [1.165, 1.54) is 12.1 Å². The highest BCUT2D eigenvalue weighted by atomic mass is 19.4. The molecule has 1 amide bonds. The molecule has 2 heterocycles. The Morgan fingerprint density at radius 2 is 1.79 bits per heavy atom. The standard InChI is InChI=1S/C18H22FN5O3.C2HF3O2/c1-23-7-8-24(2)13(10-23)16-21-14(15(25)18(27)22-16)17(26)20-9-11-3-5-12(19)6-4-11;3-2(4,5)1(6)7/h3-6,13,25H,7-10H2,1-2H3,(H,20,26)(H,21,22,27);(H,6,7). The Balaban J connectivity index is 0.000000509. The summed E-state index contributed by atoms with van der Waals surface area (Å²) in [5.41, 5.74) is -0.394. The normalized spacial score (nSPS) is 16.9. The van der Waals surface area contributed by atoms with E-state index >= 15 is 0 Å². The Hall–Kier alpha value is -3.52. The molecule has 1 aromatic heterocycles. The van der Waals surface area contributed by atoms with Crippen LogP contribution in [-0.4, -0.2) is 81.8 Å². The third kappa shape index (κ3) is 7.25. The van der Waals surface area contributed by atoms with Gasteiger partial charge in [0, 0.05) is 26.2 Å². The number of rotatable bonds is 4. The van der Waals surface area contributed by atoms with E-state index in [1.54, 1.807) is 12.1 Å². The summed E-state index contributed by atoms with van der Waals surface area (Å²) < 4.78 is 44.7. The lowest BCUT2D eigenvalue weighted by molar-refractivity contribution is -0.192. The molecule has 14 heteroatoms. The summed E-state index contributed by atoms with van der Waals surface area (Å²) >= 11 is 0. The summed E-state index contributed by atoms with van der Waals surface area (Å²) in [5, 5.41) is 19.7. The molecule has 1 saturated heterocycles. The first-order valence-corrected chi connectivity index (χ1v) is 9.84. The Morgan fingerprint density at radius 1 is 1.21 bits per heavy atom. The lowest BCUT2D eigenvalue weighted by atomic mass is 10.1. The summed E-state index contributed by atoms with van der Waals surface area (Å²) in [6.45, 7) is 2.44. The summed E-state index contributed by atoms with van der Waals surface area (Å²) in [6, 6.07) is 5.47. The minimum absolute atomic E-state index is 0.119. The fourth-order valence-corrected chi connectivity index (χ4v) is 2.97. The molecular formula is C20H23F4N5O5. The molecule has 0 radical (unpaired) electrons. The molecule has 1 aliphatic heterocycles. The van der Waals surface area contributed by atoms with Crippen molar-refractivity contribution in [1.29, 1.82) is 0 Å². The fraction of sp³-hybridized carbons (Fsp3) is 0.400. The lowest BCUT2D eigenvalue weighted by Crippen LogP contribution is -2.46. The number of halogens is 4. The van der Waals surface area contributed by atoms with Crippen molar-refractivity contribution in [2.45, 2.75) is 18.8 Å². The second-order valence-corrected chi connectivity index (χ2v) is 7.52. The van der Waals surface area contributed by atoms with Crippen molar-refractivity contribution in [3.63, 3.8) is 0 Å². The van der Waals surface area contributed by atoms with Gasteiger partial charge < -0.3 is 25.4 Å². The van der Waals surface area contributed by atoms with Gasteiger partial charge in [0.25, 0.3) is 11.5 Å². The van der Waals surface area contributed by atoms with Crippen LogP contribution in [0.3, 0.4) is 0 Å². The Labute approximate surface area is 190 Å². The third-order valence-corrected chi connectivity index (χ3v) is 4.90. The Morgan fingerprint density at radius 3 is 2.35 bits per heavy atom. The van der Waals surface area contributed by atoms with Crippen LogP contribution in [0.1, 0.15) is 27.9 Å². The Bertz CT molecular complexity index is 1070. The minimum atomic E-state index is -5.08. The number of carboxylic acid groups (broad SMARTS) is 1. The second kappa shape index (κ2) is 11.1. The smallest absolute Gasteiger partial charge is 0.490 e. The number of amides is 1. The minimum Gasteiger partial charge on any atom is -0.501 e. The van der Waals surface area contributed by atoms with Gasteiger partial charge in [-0.05, 0) is 31.8 Å². The summed E-state index contributed by atoms with van der Waals surface area (Å²) in [6.07, 6.45) is -5.08. The van der Waals surface area contributed by atoms with Crippen molar-refractivity contribution >= 4 is 11.9 Å². The molecule has 1 unspecified atom stereocenters. The fourth-order valence-electron chi connectivity index (χ4n) is 2.97. The molecule has 2 aromatic rings. The van der Waals surface area contributed by atoms with Gasteiger partial charge in [-0.25, -0.2) is 14.2 Å². The zero-order chi connectivity index (χ0) is 25.6. The van der Waals surface area contributed by atoms with E-state index in [1.807, 2.05) is 19.0 Å². The van der Waals surface area contributed by atoms with Gasteiger partial charge in [-0.2, -0.15) is 13.2 Å². The van der Waals surface area contributed by atoms with E-state index in [0.717, 1.165) is 13.1 Å². The predicted octanol–water partition coefficient (Wildman–Crippen LogP) is 1.10. The number of aliphatic carboxylic acids is 1. The van der Waals surface area contributed by atoms with Gasteiger partial charge in [0.1, 0.15) is 11.6 Å². The van der Waals surface area contributed by atoms with Crippen molar-refractivity contribution < 1.29 is 37.4 Å². The molecule has 10 nitrogen and oxygen atoms in total. The largest absolute Gasteiger partial charge is 0.501 e. The molecule has 1 aliphatic rings. The maximum atomic E-state index is 13.0. The number of aromatic amines is 1. The molecule has 34 heavy (non-hydrogen) atoms.